The van der Waals surface area contributed by atoms with Gasteiger partial charge in [-0.3, -0.25) is 4.57 Å². The number of oxazole rings is 1. The Kier molecular flexibility index (Phi) is 4.03. The van der Waals surface area contributed by atoms with Crippen LogP contribution in [0.4, 0.5) is 0 Å². The van der Waals surface area contributed by atoms with Crippen LogP contribution >= 0.6 is 0 Å². The van der Waals surface area contributed by atoms with Gasteiger partial charge in [-0.05, 0) is 24.1 Å². The lowest BCUT2D eigenvalue weighted by Gasteiger charge is -2.08. The summed E-state index contributed by atoms with van der Waals surface area (Å²) >= 11 is 0. The van der Waals surface area contributed by atoms with Crippen LogP contribution < -0.4 is 11.1 Å². The van der Waals surface area contributed by atoms with Gasteiger partial charge < -0.3 is 9.73 Å². The number of rotatable bonds is 5. The van der Waals surface area contributed by atoms with Gasteiger partial charge in [0.05, 0.1) is 17.5 Å². The van der Waals surface area contributed by atoms with Crippen LogP contribution in [0, 0.1) is 17.2 Å². The van der Waals surface area contributed by atoms with Crippen LogP contribution in [0.5, 0.6) is 0 Å². The molecule has 1 heterocycles. The van der Waals surface area contributed by atoms with Gasteiger partial charge in [0.1, 0.15) is 0 Å². The first-order chi connectivity index (χ1) is 9.15. The van der Waals surface area contributed by atoms with E-state index in [4.69, 9.17) is 9.68 Å². The summed E-state index contributed by atoms with van der Waals surface area (Å²) in [4.78, 5) is 11.4. The Balaban J connectivity index is 2.06. The molecule has 1 N–H and O–H groups in total. The lowest BCUT2D eigenvalue weighted by Crippen LogP contribution is -2.21. The molecule has 0 aliphatic heterocycles. The molecule has 0 fully saturated rings. The molecule has 2 aromatic rings. The van der Waals surface area contributed by atoms with Crippen LogP contribution in [-0.2, 0) is 13.6 Å². The van der Waals surface area contributed by atoms with Gasteiger partial charge in [-0.25, -0.2) is 4.79 Å². The van der Waals surface area contributed by atoms with Crippen LogP contribution in [0.1, 0.15) is 18.9 Å². The topological polar surface area (TPSA) is 71.0 Å². The average molecular weight is 259 g/mol. The number of nitrogens with zero attached hydrogens (tertiary/aromatic N) is 2. The largest absolute Gasteiger partial charge is 0.419 e. The third-order valence-electron chi connectivity index (χ3n) is 3.25. The van der Waals surface area contributed by atoms with E-state index in [-0.39, 0.29) is 11.7 Å². The summed E-state index contributed by atoms with van der Waals surface area (Å²) in [5.74, 6) is -0.311. The molecule has 2 rings (SSSR count). The summed E-state index contributed by atoms with van der Waals surface area (Å²) < 4.78 is 6.62. The number of nitrogens with one attached hydrogen (secondary N) is 1. The highest BCUT2D eigenvalue weighted by molar-refractivity contribution is 5.73. The number of hydrogen-bond acceptors (Lipinski definition) is 4. The highest BCUT2D eigenvalue weighted by Crippen LogP contribution is 2.14. The standard InChI is InChI=1S/C14H17N3O2/c1-3-10(7-15)8-16-9-11-4-5-12-13(6-11)19-14(18)17(12)2/h4-6,10,16H,3,8-9H2,1-2H3. The second kappa shape index (κ2) is 5.72. The number of hydrogen-bond donors (Lipinski definition) is 1. The minimum absolute atomic E-state index is 0.0402. The van der Waals surface area contributed by atoms with Crippen LogP contribution in [0.2, 0.25) is 0 Å². The molecule has 0 aliphatic carbocycles. The van der Waals surface area contributed by atoms with Gasteiger partial charge in [0, 0.05) is 20.1 Å². The highest BCUT2D eigenvalue weighted by atomic mass is 16.4. The van der Waals surface area contributed by atoms with Crippen molar-refractivity contribution in [1.29, 1.82) is 5.26 Å². The lowest BCUT2D eigenvalue weighted by atomic mass is 10.1. The van der Waals surface area contributed by atoms with Crippen molar-refractivity contribution < 1.29 is 4.42 Å². The Morgan fingerprint density at radius 1 is 1.53 bits per heavy atom. The SMILES string of the molecule is CCC(C#N)CNCc1ccc2c(c1)oc(=O)n2C. The van der Waals surface area contributed by atoms with Crippen LogP contribution in [0.3, 0.4) is 0 Å². The van der Waals surface area contributed by atoms with Crippen LogP contribution in [0.15, 0.2) is 27.4 Å². The molecule has 1 aromatic heterocycles. The maximum atomic E-state index is 11.4. The molecule has 0 radical (unpaired) electrons. The van der Waals surface area contributed by atoms with Crippen molar-refractivity contribution in [3.8, 4) is 6.07 Å². The van der Waals surface area contributed by atoms with E-state index in [9.17, 15) is 4.79 Å². The van der Waals surface area contributed by atoms with E-state index in [1.54, 1.807) is 7.05 Å². The second-order valence-corrected chi connectivity index (χ2v) is 4.59. The van der Waals surface area contributed by atoms with E-state index in [0.717, 1.165) is 17.5 Å². The number of benzene rings is 1. The fourth-order valence-corrected chi connectivity index (χ4v) is 1.96. The van der Waals surface area contributed by atoms with Crippen LogP contribution in [0.25, 0.3) is 11.1 Å². The molecular formula is C14H17N3O2. The smallest absolute Gasteiger partial charge is 0.408 e. The summed E-state index contributed by atoms with van der Waals surface area (Å²) in [6, 6.07) is 7.94. The molecule has 0 saturated heterocycles. The minimum atomic E-state index is -0.351. The normalized spacial score (nSPS) is 12.5. The highest BCUT2D eigenvalue weighted by Gasteiger charge is 2.07. The van der Waals surface area contributed by atoms with Gasteiger partial charge in [-0.15, -0.1) is 0 Å². The Labute approximate surface area is 111 Å². The Morgan fingerprint density at radius 2 is 2.32 bits per heavy atom. The van der Waals surface area contributed by atoms with Crippen molar-refractivity contribution in [3.05, 3.63) is 34.3 Å². The van der Waals surface area contributed by atoms with Crippen molar-refractivity contribution in [2.75, 3.05) is 6.54 Å². The molecule has 0 spiro atoms. The molecule has 5 nitrogen and oxygen atoms in total. The van der Waals surface area contributed by atoms with Crippen molar-refractivity contribution >= 4 is 11.1 Å². The summed E-state index contributed by atoms with van der Waals surface area (Å²) in [6.45, 7) is 3.33. The molecule has 1 aromatic carbocycles. The predicted molar refractivity (Wildman–Crippen MR) is 72.6 cm³/mol. The third kappa shape index (κ3) is 2.85. The van der Waals surface area contributed by atoms with Crippen molar-refractivity contribution in [1.82, 2.24) is 9.88 Å². The summed E-state index contributed by atoms with van der Waals surface area (Å²) in [5.41, 5.74) is 2.42. The fourth-order valence-electron chi connectivity index (χ4n) is 1.96. The molecule has 0 amide bonds. The van der Waals surface area contributed by atoms with E-state index in [0.29, 0.717) is 18.7 Å². The summed E-state index contributed by atoms with van der Waals surface area (Å²) in [5, 5.41) is 12.1. The summed E-state index contributed by atoms with van der Waals surface area (Å²) in [7, 11) is 1.69. The molecule has 0 saturated carbocycles. The van der Waals surface area contributed by atoms with Crippen LogP contribution in [-0.4, -0.2) is 11.1 Å². The first-order valence-corrected chi connectivity index (χ1v) is 6.34. The monoisotopic (exact) mass is 259 g/mol. The predicted octanol–water partition coefficient (Wildman–Crippen LogP) is 1.77. The molecular weight excluding hydrogens is 242 g/mol. The van der Waals surface area contributed by atoms with E-state index in [1.165, 1.54) is 4.57 Å². The Bertz CT molecular complexity index is 663. The quantitative estimate of drug-likeness (QED) is 0.888. The number of nitriles is 1. The van der Waals surface area contributed by atoms with E-state index in [2.05, 4.69) is 11.4 Å². The Morgan fingerprint density at radius 3 is 3.00 bits per heavy atom. The van der Waals surface area contributed by atoms with E-state index >= 15 is 0 Å². The maximum Gasteiger partial charge on any atom is 0.419 e. The molecule has 19 heavy (non-hydrogen) atoms. The van der Waals surface area contributed by atoms with Gasteiger partial charge in [0.2, 0.25) is 0 Å². The molecule has 100 valence electrons. The lowest BCUT2D eigenvalue weighted by molar-refractivity contribution is 0.527. The van der Waals surface area contributed by atoms with Crippen molar-refractivity contribution in [2.45, 2.75) is 19.9 Å². The number of fused-ring (bicyclic) bond motifs is 1. The summed E-state index contributed by atoms with van der Waals surface area (Å²) in [6.07, 6.45) is 0.843. The fraction of sp³-hybridized carbons (Fsp3) is 0.429. The van der Waals surface area contributed by atoms with Gasteiger partial charge in [0.15, 0.2) is 5.58 Å². The first-order valence-electron chi connectivity index (χ1n) is 6.34. The van der Waals surface area contributed by atoms with Gasteiger partial charge in [-0.2, -0.15) is 5.26 Å². The molecule has 1 unspecified atom stereocenters. The van der Waals surface area contributed by atoms with Gasteiger partial charge in [-0.1, -0.05) is 13.0 Å². The number of aryl methyl sites for hydroxylation is 1. The van der Waals surface area contributed by atoms with E-state index < -0.39 is 0 Å². The zero-order chi connectivity index (χ0) is 13.8. The Hall–Kier alpha value is -2.06. The average Bonchev–Trinajstić information content (AvgIpc) is 2.70. The van der Waals surface area contributed by atoms with Gasteiger partial charge >= 0.3 is 5.76 Å². The third-order valence-corrected chi connectivity index (χ3v) is 3.25. The maximum absolute atomic E-state index is 11.4. The zero-order valence-corrected chi connectivity index (χ0v) is 11.1. The molecule has 0 aliphatic rings. The second-order valence-electron chi connectivity index (χ2n) is 4.59. The minimum Gasteiger partial charge on any atom is -0.408 e. The first kappa shape index (κ1) is 13.4. The number of aromatic nitrogens is 1. The van der Waals surface area contributed by atoms with E-state index in [1.807, 2.05) is 25.1 Å². The molecule has 1 atom stereocenters. The van der Waals surface area contributed by atoms with Crippen molar-refractivity contribution in [3.63, 3.8) is 0 Å². The molecule has 0 bridgehead atoms. The zero-order valence-electron chi connectivity index (χ0n) is 11.1. The van der Waals surface area contributed by atoms with Gasteiger partial charge in [0.25, 0.3) is 0 Å². The van der Waals surface area contributed by atoms with Crippen molar-refractivity contribution in [2.24, 2.45) is 13.0 Å². The molecule has 5 heteroatoms.